The summed E-state index contributed by atoms with van der Waals surface area (Å²) in [5, 5.41) is 3.18. The van der Waals surface area contributed by atoms with Gasteiger partial charge in [0.15, 0.2) is 0 Å². The minimum atomic E-state index is -3.70. The van der Waals surface area contributed by atoms with Gasteiger partial charge in [-0.1, -0.05) is 6.92 Å². The fraction of sp³-hybridized carbons (Fsp3) is 0.533. The van der Waals surface area contributed by atoms with E-state index >= 15 is 0 Å². The number of methoxy groups -OCH3 is 2. The summed E-state index contributed by atoms with van der Waals surface area (Å²) in [4.78, 5) is 11.7. The molecule has 128 valence electrons. The summed E-state index contributed by atoms with van der Waals surface area (Å²) in [6.07, 6.45) is 0.914. The van der Waals surface area contributed by atoms with Crippen LogP contribution in [0.2, 0.25) is 0 Å². The van der Waals surface area contributed by atoms with Crippen LogP contribution in [0.1, 0.15) is 23.7 Å². The van der Waals surface area contributed by atoms with Crippen LogP contribution in [0.4, 0.5) is 0 Å². The second-order valence-corrected chi connectivity index (χ2v) is 7.27. The number of ether oxygens (including phenoxy) is 2. The van der Waals surface area contributed by atoms with Crippen molar-refractivity contribution in [2.24, 2.45) is 5.92 Å². The summed E-state index contributed by atoms with van der Waals surface area (Å²) >= 11 is 0. The van der Waals surface area contributed by atoms with Gasteiger partial charge in [0.1, 0.15) is 11.3 Å². The largest absolute Gasteiger partial charge is 0.496 e. The van der Waals surface area contributed by atoms with Crippen molar-refractivity contribution in [3.8, 4) is 5.75 Å². The van der Waals surface area contributed by atoms with E-state index in [0.29, 0.717) is 6.54 Å². The predicted octanol–water partition coefficient (Wildman–Crippen LogP) is 0.758. The van der Waals surface area contributed by atoms with Gasteiger partial charge in [-0.15, -0.1) is 0 Å². The van der Waals surface area contributed by atoms with E-state index in [9.17, 15) is 13.2 Å². The number of sulfonamides is 1. The Kier molecular flexibility index (Phi) is 5.61. The van der Waals surface area contributed by atoms with Crippen LogP contribution < -0.4 is 14.8 Å². The molecule has 1 aromatic carbocycles. The summed E-state index contributed by atoms with van der Waals surface area (Å²) in [5.74, 6) is -0.166. The lowest BCUT2D eigenvalue weighted by molar-refractivity contribution is 0.0597. The highest BCUT2D eigenvalue weighted by Crippen LogP contribution is 2.24. The molecule has 2 atom stereocenters. The molecule has 2 unspecified atom stereocenters. The van der Waals surface area contributed by atoms with Gasteiger partial charge in [0.2, 0.25) is 10.0 Å². The van der Waals surface area contributed by atoms with Gasteiger partial charge >= 0.3 is 5.97 Å². The maximum atomic E-state index is 12.6. The van der Waals surface area contributed by atoms with Crippen molar-refractivity contribution in [2.45, 2.75) is 24.3 Å². The predicted molar refractivity (Wildman–Crippen MR) is 85.1 cm³/mol. The van der Waals surface area contributed by atoms with Crippen LogP contribution in [-0.2, 0) is 14.8 Å². The van der Waals surface area contributed by atoms with E-state index in [0.717, 1.165) is 13.0 Å². The fourth-order valence-electron chi connectivity index (χ4n) is 2.53. The molecule has 1 aliphatic heterocycles. The molecule has 1 saturated heterocycles. The average molecular weight is 342 g/mol. The number of nitrogens with one attached hydrogen (secondary N) is 2. The Morgan fingerprint density at radius 2 is 2.09 bits per heavy atom. The minimum Gasteiger partial charge on any atom is -0.496 e. The molecule has 1 aliphatic rings. The van der Waals surface area contributed by atoms with E-state index in [4.69, 9.17) is 4.74 Å². The SMILES string of the molecule is COC(=O)c1ccc(S(=O)(=O)NC2CNCCC2C)cc1OC. The Morgan fingerprint density at radius 3 is 2.70 bits per heavy atom. The van der Waals surface area contributed by atoms with E-state index in [2.05, 4.69) is 14.8 Å². The molecular formula is C15H22N2O5S. The highest BCUT2D eigenvalue weighted by Gasteiger charge is 2.27. The topological polar surface area (TPSA) is 93.7 Å². The van der Waals surface area contributed by atoms with Gasteiger partial charge in [-0.2, -0.15) is 0 Å². The van der Waals surface area contributed by atoms with Crippen LogP contribution in [0.5, 0.6) is 5.75 Å². The Morgan fingerprint density at radius 1 is 1.35 bits per heavy atom. The number of hydrogen-bond acceptors (Lipinski definition) is 6. The van der Waals surface area contributed by atoms with Crippen LogP contribution in [0.15, 0.2) is 23.1 Å². The third-order valence-corrected chi connectivity index (χ3v) is 5.51. The number of esters is 1. The number of carbonyl (C=O) groups is 1. The van der Waals surface area contributed by atoms with E-state index in [-0.39, 0.29) is 28.2 Å². The van der Waals surface area contributed by atoms with E-state index in [1.165, 1.54) is 32.4 Å². The Hall–Kier alpha value is -1.64. The third-order valence-electron chi connectivity index (χ3n) is 4.02. The molecule has 0 spiro atoms. The highest BCUT2D eigenvalue weighted by atomic mass is 32.2. The van der Waals surface area contributed by atoms with Crippen LogP contribution in [-0.4, -0.2) is 47.7 Å². The van der Waals surface area contributed by atoms with Crippen molar-refractivity contribution >= 4 is 16.0 Å². The lowest BCUT2D eigenvalue weighted by atomic mass is 9.96. The number of piperidine rings is 1. The zero-order valence-electron chi connectivity index (χ0n) is 13.5. The summed E-state index contributed by atoms with van der Waals surface area (Å²) in [7, 11) is -1.07. The molecular weight excluding hydrogens is 320 g/mol. The maximum absolute atomic E-state index is 12.6. The van der Waals surface area contributed by atoms with Gasteiger partial charge in [-0.3, -0.25) is 0 Å². The quantitative estimate of drug-likeness (QED) is 0.767. The molecule has 2 rings (SSSR count). The standard InChI is InChI=1S/C15H22N2O5S/c1-10-6-7-16-9-13(10)17-23(19,20)11-4-5-12(15(18)22-3)14(8-11)21-2/h4-5,8,10,13,16-17H,6-7,9H2,1-3H3. The highest BCUT2D eigenvalue weighted by molar-refractivity contribution is 7.89. The Labute approximate surface area is 136 Å². The first-order valence-electron chi connectivity index (χ1n) is 7.38. The van der Waals surface area contributed by atoms with Gasteiger partial charge in [0.05, 0.1) is 19.1 Å². The summed E-state index contributed by atoms with van der Waals surface area (Å²) in [6, 6.07) is 3.93. The summed E-state index contributed by atoms with van der Waals surface area (Å²) in [6.45, 7) is 3.51. The van der Waals surface area contributed by atoms with Crippen LogP contribution >= 0.6 is 0 Å². The molecule has 1 heterocycles. The van der Waals surface area contributed by atoms with Gasteiger partial charge in [-0.25, -0.2) is 17.9 Å². The number of benzene rings is 1. The van der Waals surface area contributed by atoms with Gasteiger partial charge in [0.25, 0.3) is 0 Å². The first-order chi connectivity index (χ1) is 10.9. The second kappa shape index (κ2) is 7.29. The average Bonchev–Trinajstić information content (AvgIpc) is 2.55. The molecule has 1 fully saturated rings. The molecule has 8 heteroatoms. The molecule has 0 radical (unpaired) electrons. The van der Waals surface area contributed by atoms with E-state index in [1.54, 1.807) is 0 Å². The smallest absolute Gasteiger partial charge is 0.341 e. The maximum Gasteiger partial charge on any atom is 0.341 e. The van der Waals surface area contributed by atoms with Crippen molar-refractivity contribution in [2.75, 3.05) is 27.3 Å². The summed E-state index contributed by atoms with van der Waals surface area (Å²) < 4.78 is 37.6. The van der Waals surface area contributed by atoms with Gasteiger partial charge in [-0.05, 0) is 31.0 Å². The molecule has 0 aromatic heterocycles. The third kappa shape index (κ3) is 4.01. The monoisotopic (exact) mass is 342 g/mol. The van der Waals surface area contributed by atoms with Gasteiger partial charge < -0.3 is 14.8 Å². The number of hydrogen-bond donors (Lipinski definition) is 2. The Bertz CT molecular complexity index is 674. The van der Waals surface area contributed by atoms with Crippen molar-refractivity contribution < 1.29 is 22.7 Å². The molecule has 0 saturated carbocycles. The first kappa shape index (κ1) is 17.7. The minimum absolute atomic E-state index is 0.0553. The number of rotatable bonds is 5. The second-order valence-electron chi connectivity index (χ2n) is 5.55. The van der Waals surface area contributed by atoms with Gasteiger partial charge in [0, 0.05) is 18.7 Å². The van der Waals surface area contributed by atoms with Crippen LogP contribution in [0.3, 0.4) is 0 Å². The first-order valence-corrected chi connectivity index (χ1v) is 8.86. The zero-order chi connectivity index (χ0) is 17.0. The van der Waals surface area contributed by atoms with E-state index in [1.807, 2.05) is 6.92 Å². The molecule has 0 amide bonds. The molecule has 0 aliphatic carbocycles. The van der Waals surface area contributed by atoms with Crippen molar-refractivity contribution in [1.29, 1.82) is 0 Å². The van der Waals surface area contributed by atoms with Crippen molar-refractivity contribution in [3.05, 3.63) is 23.8 Å². The lowest BCUT2D eigenvalue weighted by Gasteiger charge is -2.30. The van der Waals surface area contributed by atoms with Crippen LogP contribution in [0, 0.1) is 5.92 Å². The fourth-order valence-corrected chi connectivity index (χ4v) is 3.89. The molecule has 7 nitrogen and oxygen atoms in total. The normalized spacial score (nSPS) is 21.7. The number of carbonyl (C=O) groups excluding carboxylic acids is 1. The zero-order valence-corrected chi connectivity index (χ0v) is 14.3. The van der Waals surface area contributed by atoms with Crippen molar-refractivity contribution in [3.63, 3.8) is 0 Å². The van der Waals surface area contributed by atoms with Crippen LogP contribution in [0.25, 0.3) is 0 Å². The molecule has 2 N–H and O–H groups in total. The molecule has 0 bridgehead atoms. The van der Waals surface area contributed by atoms with E-state index < -0.39 is 16.0 Å². The molecule has 1 aromatic rings. The summed E-state index contributed by atoms with van der Waals surface area (Å²) in [5.41, 5.74) is 0.182. The Balaban J connectivity index is 2.27. The lowest BCUT2D eigenvalue weighted by Crippen LogP contribution is -2.50. The molecule has 23 heavy (non-hydrogen) atoms. The van der Waals surface area contributed by atoms with Crippen molar-refractivity contribution in [1.82, 2.24) is 10.0 Å².